The summed E-state index contributed by atoms with van der Waals surface area (Å²) in [6.45, 7) is 27.7. The standard InChI is InChI=1S/C53H62N2O/c1-36-16-13-19-44(28-36)54(45-20-14-17-37(2)29-45)49-32-40(5)50(33-39(49)4)55(46-21-15-18-38(3)30-46)47-26-27-51(41(6)31-47)56-35-42-22-24-43(25-23-42)48(53(10,11)12)34-52(7,8)9/h13-33,48H,34-35H2,1-12H3. The molecule has 0 aliphatic rings. The molecular weight excluding hydrogens is 681 g/mol. The topological polar surface area (TPSA) is 15.7 Å². The molecule has 0 aliphatic heterocycles. The van der Waals surface area contributed by atoms with Crippen molar-refractivity contribution in [1.29, 1.82) is 0 Å². The molecule has 0 saturated heterocycles. The molecule has 6 aromatic rings. The molecule has 3 nitrogen and oxygen atoms in total. The van der Waals surface area contributed by atoms with Crippen LogP contribution in [0.4, 0.5) is 34.1 Å². The van der Waals surface area contributed by atoms with Crippen molar-refractivity contribution in [1.82, 2.24) is 0 Å². The van der Waals surface area contributed by atoms with Gasteiger partial charge in [-0.05, 0) is 176 Å². The molecular formula is C53H62N2O. The van der Waals surface area contributed by atoms with Crippen molar-refractivity contribution in [2.24, 2.45) is 10.8 Å². The zero-order valence-corrected chi connectivity index (χ0v) is 35.9. The third-order valence-corrected chi connectivity index (χ3v) is 10.8. The molecule has 0 radical (unpaired) electrons. The van der Waals surface area contributed by atoms with Crippen molar-refractivity contribution in [3.05, 3.63) is 172 Å². The van der Waals surface area contributed by atoms with Crippen LogP contribution in [0.2, 0.25) is 0 Å². The smallest absolute Gasteiger partial charge is 0.122 e. The van der Waals surface area contributed by atoms with Gasteiger partial charge in [0.15, 0.2) is 0 Å². The van der Waals surface area contributed by atoms with Crippen LogP contribution >= 0.6 is 0 Å². The Morgan fingerprint density at radius 1 is 0.482 bits per heavy atom. The van der Waals surface area contributed by atoms with Gasteiger partial charge in [0.05, 0.1) is 0 Å². The minimum absolute atomic E-state index is 0.193. The number of anilines is 6. The van der Waals surface area contributed by atoms with E-state index in [2.05, 4.69) is 220 Å². The maximum absolute atomic E-state index is 6.50. The van der Waals surface area contributed by atoms with Crippen LogP contribution in [-0.2, 0) is 6.61 Å². The van der Waals surface area contributed by atoms with E-state index in [9.17, 15) is 0 Å². The normalized spacial score (nSPS) is 12.4. The van der Waals surface area contributed by atoms with Crippen molar-refractivity contribution in [2.75, 3.05) is 9.80 Å². The van der Waals surface area contributed by atoms with Gasteiger partial charge in [0.2, 0.25) is 0 Å². The highest BCUT2D eigenvalue weighted by atomic mass is 16.5. The second-order valence-electron chi connectivity index (χ2n) is 18.3. The summed E-state index contributed by atoms with van der Waals surface area (Å²) < 4.78 is 6.50. The number of benzene rings is 6. The summed E-state index contributed by atoms with van der Waals surface area (Å²) in [5.41, 5.74) is 17.1. The molecule has 0 N–H and O–H groups in total. The summed E-state index contributed by atoms with van der Waals surface area (Å²) in [5, 5.41) is 0. The molecule has 1 unspecified atom stereocenters. The number of aryl methyl sites for hydroxylation is 6. The Labute approximate surface area is 338 Å². The number of nitrogens with zero attached hydrogens (tertiary/aromatic N) is 2. The van der Waals surface area contributed by atoms with Crippen molar-refractivity contribution >= 4 is 34.1 Å². The molecule has 6 rings (SSSR count). The van der Waals surface area contributed by atoms with Gasteiger partial charge in [0, 0.05) is 34.1 Å². The molecule has 0 bridgehead atoms. The van der Waals surface area contributed by atoms with E-state index in [4.69, 9.17) is 4.74 Å². The van der Waals surface area contributed by atoms with Crippen LogP contribution < -0.4 is 14.5 Å². The van der Waals surface area contributed by atoms with Crippen LogP contribution in [0.25, 0.3) is 0 Å². The molecule has 1 atom stereocenters. The van der Waals surface area contributed by atoms with E-state index in [1.807, 2.05) is 0 Å². The molecule has 0 aromatic heterocycles. The first-order valence-electron chi connectivity index (χ1n) is 20.2. The monoisotopic (exact) mass is 742 g/mol. The van der Waals surface area contributed by atoms with Crippen molar-refractivity contribution in [3.63, 3.8) is 0 Å². The fourth-order valence-corrected chi connectivity index (χ4v) is 7.90. The largest absolute Gasteiger partial charge is 0.489 e. The lowest BCUT2D eigenvalue weighted by molar-refractivity contribution is 0.229. The zero-order valence-electron chi connectivity index (χ0n) is 35.9. The van der Waals surface area contributed by atoms with E-state index in [1.165, 1.54) is 44.6 Å². The van der Waals surface area contributed by atoms with Gasteiger partial charge >= 0.3 is 0 Å². The van der Waals surface area contributed by atoms with Crippen LogP contribution in [0.3, 0.4) is 0 Å². The minimum Gasteiger partial charge on any atom is -0.489 e. The molecule has 3 heteroatoms. The second kappa shape index (κ2) is 16.4. The van der Waals surface area contributed by atoms with E-state index < -0.39 is 0 Å². The Bertz CT molecular complexity index is 2240. The molecule has 0 amide bonds. The SMILES string of the molecule is Cc1cccc(N(c2cccc(C)c2)c2cc(C)c(N(c3cccc(C)c3)c3ccc(OCc4ccc(C(CC(C)(C)C)C(C)(C)C)cc4)c(C)c3)cc2C)c1. The van der Waals surface area contributed by atoms with Gasteiger partial charge in [0.1, 0.15) is 12.4 Å². The Morgan fingerprint density at radius 3 is 1.32 bits per heavy atom. The molecule has 6 aromatic carbocycles. The average Bonchev–Trinajstić information content (AvgIpc) is 3.12. The molecule has 0 aliphatic carbocycles. The Morgan fingerprint density at radius 2 is 0.929 bits per heavy atom. The van der Waals surface area contributed by atoms with E-state index in [0.717, 1.165) is 46.2 Å². The lowest BCUT2D eigenvalue weighted by Crippen LogP contribution is -2.23. The highest BCUT2D eigenvalue weighted by Gasteiger charge is 2.30. The number of hydrogen-bond donors (Lipinski definition) is 0. The van der Waals surface area contributed by atoms with Gasteiger partial charge in [-0.25, -0.2) is 0 Å². The maximum Gasteiger partial charge on any atom is 0.122 e. The summed E-state index contributed by atoms with van der Waals surface area (Å²) in [5.74, 6) is 1.39. The fraction of sp³-hybridized carbons (Fsp3) is 0.321. The van der Waals surface area contributed by atoms with Crippen LogP contribution in [0.5, 0.6) is 5.75 Å². The number of rotatable bonds is 11. The van der Waals surface area contributed by atoms with Gasteiger partial charge in [-0.1, -0.05) is 102 Å². The summed E-state index contributed by atoms with van der Waals surface area (Å²) in [6, 6.07) is 46.7. The summed E-state index contributed by atoms with van der Waals surface area (Å²) >= 11 is 0. The van der Waals surface area contributed by atoms with E-state index in [0.29, 0.717) is 12.5 Å². The van der Waals surface area contributed by atoms with Gasteiger partial charge in [-0.3, -0.25) is 0 Å². The predicted molar refractivity (Wildman–Crippen MR) is 241 cm³/mol. The van der Waals surface area contributed by atoms with E-state index in [-0.39, 0.29) is 10.8 Å². The Hall–Kier alpha value is -5.28. The van der Waals surface area contributed by atoms with Gasteiger partial charge in [0.25, 0.3) is 0 Å². The van der Waals surface area contributed by atoms with Gasteiger partial charge in [-0.2, -0.15) is 0 Å². The maximum atomic E-state index is 6.50. The fourth-order valence-electron chi connectivity index (χ4n) is 7.90. The quantitative estimate of drug-likeness (QED) is 0.131. The van der Waals surface area contributed by atoms with Crippen LogP contribution in [0, 0.1) is 52.4 Å². The lowest BCUT2D eigenvalue weighted by atomic mass is 9.69. The molecule has 290 valence electrons. The summed E-state index contributed by atoms with van der Waals surface area (Å²) in [7, 11) is 0. The van der Waals surface area contributed by atoms with Crippen LogP contribution in [-0.4, -0.2) is 0 Å². The van der Waals surface area contributed by atoms with Crippen molar-refractivity contribution < 1.29 is 4.74 Å². The second-order valence-corrected chi connectivity index (χ2v) is 18.3. The Balaban J connectivity index is 1.32. The highest BCUT2D eigenvalue weighted by Crippen LogP contribution is 2.45. The third-order valence-electron chi connectivity index (χ3n) is 10.8. The molecule has 0 fully saturated rings. The minimum atomic E-state index is 0.193. The average molecular weight is 743 g/mol. The first-order valence-corrected chi connectivity index (χ1v) is 20.2. The highest BCUT2D eigenvalue weighted by molar-refractivity contribution is 5.85. The molecule has 56 heavy (non-hydrogen) atoms. The summed E-state index contributed by atoms with van der Waals surface area (Å²) in [6.07, 6.45) is 1.15. The number of hydrogen-bond acceptors (Lipinski definition) is 3. The zero-order chi connectivity index (χ0) is 40.4. The van der Waals surface area contributed by atoms with E-state index >= 15 is 0 Å². The molecule has 0 spiro atoms. The third kappa shape index (κ3) is 9.56. The van der Waals surface area contributed by atoms with Gasteiger partial charge < -0.3 is 14.5 Å². The molecule has 0 heterocycles. The lowest BCUT2D eigenvalue weighted by Gasteiger charge is -2.36. The number of ether oxygens (including phenoxy) is 1. The van der Waals surface area contributed by atoms with Crippen molar-refractivity contribution in [3.8, 4) is 5.75 Å². The first kappa shape index (κ1) is 40.4. The Kier molecular flexibility index (Phi) is 11.9. The molecule has 0 saturated carbocycles. The summed E-state index contributed by atoms with van der Waals surface area (Å²) in [4.78, 5) is 4.78. The van der Waals surface area contributed by atoms with Crippen LogP contribution in [0.1, 0.15) is 98.4 Å². The van der Waals surface area contributed by atoms with E-state index in [1.54, 1.807) is 0 Å². The van der Waals surface area contributed by atoms with Crippen LogP contribution in [0.15, 0.2) is 127 Å². The predicted octanol–water partition coefficient (Wildman–Crippen LogP) is 15.6. The van der Waals surface area contributed by atoms with Crippen molar-refractivity contribution in [2.45, 2.75) is 102 Å². The van der Waals surface area contributed by atoms with Gasteiger partial charge in [-0.15, -0.1) is 0 Å². The first-order chi connectivity index (χ1) is 26.5.